The maximum Gasteiger partial charge on any atom is 0.411 e. The predicted molar refractivity (Wildman–Crippen MR) is 142 cm³/mol. The van der Waals surface area contributed by atoms with Crippen molar-refractivity contribution in [2.45, 2.75) is 50.8 Å². The third-order valence-corrected chi connectivity index (χ3v) is 8.07. The van der Waals surface area contributed by atoms with Crippen LogP contribution in [0.1, 0.15) is 26.7 Å². The summed E-state index contributed by atoms with van der Waals surface area (Å²) in [6.45, 7) is 4.56. The molecule has 3 N–H and O–H groups in total. The van der Waals surface area contributed by atoms with E-state index >= 15 is 0 Å². The molecule has 0 unspecified atom stereocenters. The van der Waals surface area contributed by atoms with Crippen LogP contribution in [0.3, 0.4) is 0 Å². The number of carbonyl (C=O) groups is 1. The number of nitrogens with one attached hydrogen (secondary N) is 1. The van der Waals surface area contributed by atoms with Crippen LogP contribution < -0.4 is 11.1 Å². The molecule has 1 fully saturated rings. The molecule has 2 aromatic heterocycles. The molecule has 0 atom stereocenters. The Balaban J connectivity index is 1.49. The fourth-order valence-corrected chi connectivity index (χ4v) is 5.59. The topological polar surface area (TPSA) is 134 Å². The van der Waals surface area contributed by atoms with Gasteiger partial charge in [0.15, 0.2) is 9.84 Å². The first-order chi connectivity index (χ1) is 17.7. The summed E-state index contributed by atoms with van der Waals surface area (Å²) in [7, 11) is -3.55. The predicted octanol–water partition coefficient (Wildman–Crippen LogP) is 4.32. The molecule has 4 aromatic rings. The molecule has 10 nitrogen and oxygen atoms in total. The van der Waals surface area contributed by atoms with Gasteiger partial charge >= 0.3 is 6.09 Å². The van der Waals surface area contributed by atoms with Crippen LogP contribution in [-0.2, 0) is 27.7 Å². The van der Waals surface area contributed by atoms with Crippen molar-refractivity contribution in [2.24, 2.45) is 5.92 Å². The number of rotatable bonds is 9. The second kappa shape index (κ2) is 9.89. The Hall–Kier alpha value is -3.86. The summed E-state index contributed by atoms with van der Waals surface area (Å²) in [5.41, 5.74) is 10.4. The molecule has 1 saturated carbocycles. The van der Waals surface area contributed by atoms with Gasteiger partial charge in [-0.25, -0.2) is 18.2 Å². The van der Waals surface area contributed by atoms with Gasteiger partial charge in [-0.3, -0.25) is 10.00 Å². The first-order valence-electron chi connectivity index (χ1n) is 12.3. The number of amides is 1. The fourth-order valence-electron chi connectivity index (χ4n) is 4.36. The molecule has 0 saturated heterocycles. The molecule has 2 aromatic carbocycles. The summed E-state index contributed by atoms with van der Waals surface area (Å²) >= 11 is 0. The zero-order valence-corrected chi connectivity index (χ0v) is 21.6. The van der Waals surface area contributed by atoms with E-state index < -0.39 is 15.9 Å². The minimum atomic E-state index is -3.55. The van der Waals surface area contributed by atoms with Gasteiger partial charge in [0.05, 0.1) is 40.2 Å². The molecule has 0 spiro atoms. The van der Waals surface area contributed by atoms with Crippen LogP contribution in [0.4, 0.5) is 16.2 Å². The Labute approximate surface area is 215 Å². The number of benzene rings is 2. The highest BCUT2D eigenvalue weighted by Gasteiger charge is 2.27. The SMILES string of the molecule is CC(C)OC(=O)Nc1ccc(-c2c(N)c3ccc(S(=O)(=O)CCn4cncn4)cc3n2CC2CC2)cc1. The lowest BCUT2D eigenvalue weighted by Gasteiger charge is -2.13. The summed E-state index contributed by atoms with van der Waals surface area (Å²) in [5.74, 6) is 0.453. The molecule has 1 aliphatic carbocycles. The molecule has 11 heteroatoms. The van der Waals surface area contributed by atoms with Crippen LogP contribution in [0.15, 0.2) is 60.0 Å². The van der Waals surface area contributed by atoms with Crippen LogP contribution in [-0.4, -0.2) is 45.7 Å². The van der Waals surface area contributed by atoms with Gasteiger partial charge in [0.25, 0.3) is 0 Å². The zero-order chi connectivity index (χ0) is 26.2. The molecule has 5 rings (SSSR count). The first-order valence-corrected chi connectivity index (χ1v) is 13.9. The molecule has 1 amide bonds. The van der Waals surface area contributed by atoms with Crippen molar-refractivity contribution in [3.8, 4) is 11.3 Å². The molecule has 37 heavy (non-hydrogen) atoms. The summed E-state index contributed by atoms with van der Waals surface area (Å²) in [5, 5.41) is 7.52. The number of nitrogens with two attached hydrogens (primary N) is 1. The van der Waals surface area contributed by atoms with Crippen molar-refractivity contribution in [1.29, 1.82) is 0 Å². The van der Waals surface area contributed by atoms with Gasteiger partial charge in [0.2, 0.25) is 0 Å². The van der Waals surface area contributed by atoms with E-state index in [4.69, 9.17) is 10.5 Å². The number of aryl methyl sites for hydroxylation is 1. The normalized spacial score (nSPS) is 13.8. The molecule has 2 heterocycles. The van der Waals surface area contributed by atoms with Gasteiger partial charge in [0, 0.05) is 23.2 Å². The van der Waals surface area contributed by atoms with Crippen molar-refractivity contribution < 1.29 is 17.9 Å². The van der Waals surface area contributed by atoms with Gasteiger partial charge in [-0.2, -0.15) is 5.10 Å². The van der Waals surface area contributed by atoms with E-state index in [9.17, 15) is 13.2 Å². The van der Waals surface area contributed by atoms with E-state index in [1.165, 1.54) is 17.3 Å². The molecular formula is C26H30N6O4S. The van der Waals surface area contributed by atoms with E-state index in [-0.39, 0.29) is 23.3 Å². The minimum Gasteiger partial charge on any atom is -0.447 e. The van der Waals surface area contributed by atoms with Crippen molar-refractivity contribution in [3.05, 3.63) is 55.1 Å². The summed E-state index contributed by atoms with van der Waals surface area (Å²) in [4.78, 5) is 16.1. The van der Waals surface area contributed by atoms with Crippen molar-refractivity contribution >= 4 is 38.2 Å². The Morgan fingerprint density at radius 2 is 1.95 bits per heavy atom. The van der Waals surface area contributed by atoms with Crippen LogP contribution in [0.2, 0.25) is 0 Å². The van der Waals surface area contributed by atoms with Crippen LogP contribution in [0, 0.1) is 5.92 Å². The minimum absolute atomic E-state index is 0.0821. The van der Waals surface area contributed by atoms with Crippen molar-refractivity contribution in [3.63, 3.8) is 0 Å². The molecular weight excluding hydrogens is 492 g/mol. The standard InChI is InChI=1S/C26H30N6O4S/c1-17(2)36-26(33)30-20-7-5-19(6-8-20)25-24(27)22-10-9-21(13-23(22)32(25)14-18-3-4-18)37(34,35)12-11-31-16-28-15-29-31/h5-10,13,15-18H,3-4,11-12,14,27H2,1-2H3,(H,30,33). The quantitative estimate of drug-likeness (QED) is 0.334. The highest BCUT2D eigenvalue weighted by Crippen LogP contribution is 2.41. The second-order valence-corrected chi connectivity index (χ2v) is 11.7. The van der Waals surface area contributed by atoms with Gasteiger partial charge in [0.1, 0.15) is 12.7 Å². The Bertz CT molecular complexity index is 1520. The Morgan fingerprint density at radius 3 is 2.59 bits per heavy atom. The van der Waals surface area contributed by atoms with Crippen LogP contribution in [0.5, 0.6) is 0 Å². The number of ether oxygens (including phenoxy) is 1. The lowest BCUT2D eigenvalue weighted by atomic mass is 10.1. The van der Waals surface area contributed by atoms with Crippen LogP contribution >= 0.6 is 0 Å². The Kier molecular flexibility index (Phi) is 6.63. The summed E-state index contributed by atoms with van der Waals surface area (Å²) in [6.07, 6.45) is 4.43. The molecule has 1 aliphatic rings. The number of hydrogen-bond donors (Lipinski definition) is 2. The van der Waals surface area contributed by atoms with E-state index in [1.807, 2.05) is 12.1 Å². The van der Waals surface area contributed by atoms with E-state index in [0.29, 0.717) is 17.3 Å². The maximum absolute atomic E-state index is 13.1. The zero-order valence-electron chi connectivity index (χ0n) is 20.8. The lowest BCUT2D eigenvalue weighted by molar-refractivity contribution is 0.130. The molecule has 0 bridgehead atoms. The smallest absolute Gasteiger partial charge is 0.411 e. The fraction of sp³-hybridized carbons (Fsp3) is 0.346. The van der Waals surface area contributed by atoms with Gasteiger partial charge < -0.3 is 15.0 Å². The number of anilines is 2. The van der Waals surface area contributed by atoms with Gasteiger partial charge in [-0.15, -0.1) is 0 Å². The third-order valence-electron chi connectivity index (χ3n) is 6.38. The van der Waals surface area contributed by atoms with Gasteiger partial charge in [-0.1, -0.05) is 12.1 Å². The van der Waals surface area contributed by atoms with E-state index in [2.05, 4.69) is 20.0 Å². The highest BCUT2D eigenvalue weighted by atomic mass is 32.2. The number of hydrogen-bond acceptors (Lipinski definition) is 7. The van der Waals surface area contributed by atoms with Crippen molar-refractivity contribution in [2.75, 3.05) is 16.8 Å². The summed E-state index contributed by atoms with van der Waals surface area (Å²) < 4.78 is 35.0. The number of sulfone groups is 1. The monoisotopic (exact) mass is 522 g/mol. The van der Waals surface area contributed by atoms with E-state index in [0.717, 1.165) is 41.5 Å². The van der Waals surface area contributed by atoms with Gasteiger partial charge in [-0.05, 0) is 62.9 Å². The molecule has 194 valence electrons. The highest BCUT2D eigenvalue weighted by molar-refractivity contribution is 7.91. The average molecular weight is 523 g/mol. The number of carbonyl (C=O) groups excluding carboxylic acids is 1. The summed E-state index contributed by atoms with van der Waals surface area (Å²) in [6, 6.07) is 12.5. The number of aromatic nitrogens is 4. The first kappa shape index (κ1) is 24.8. The molecule has 0 aliphatic heterocycles. The Morgan fingerprint density at radius 1 is 1.19 bits per heavy atom. The average Bonchev–Trinajstić information content (AvgIpc) is 3.43. The lowest BCUT2D eigenvalue weighted by Crippen LogP contribution is -2.17. The number of fused-ring (bicyclic) bond motifs is 1. The second-order valence-electron chi connectivity index (χ2n) is 9.63. The molecule has 0 radical (unpaired) electrons. The van der Waals surface area contributed by atoms with Crippen molar-refractivity contribution in [1.82, 2.24) is 19.3 Å². The number of nitrogens with zero attached hydrogens (tertiary/aromatic N) is 4. The largest absolute Gasteiger partial charge is 0.447 e. The number of nitrogen functional groups attached to an aromatic ring is 1. The maximum atomic E-state index is 13.1. The van der Waals surface area contributed by atoms with Crippen LogP contribution in [0.25, 0.3) is 22.2 Å². The third kappa shape index (κ3) is 5.46. The van der Waals surface area contributed by atoms with E-state index in [1.54, 1.807) is 44.2 Å².